The molecule has 0 atom stereocenters. The molecule has 37 heavy (non-hydrogen) atoms. The third-order valence-corrected chi connectivity index (χ3v) is 8.13. The Morgan fingerprint density at radius 3 is 2.43 bits per heavy atom. The molecule has 2 saturated carbocycles. The molecule has 1 aromatic carbocycles. The molecule has 0 bridgehead atoms. The van der Waals surface area contributed by atoms with Crippen LogP contribution in [-0.4, -0.2) is 50.3 Å². The van der Waals surface area contributed by atoms with E-state index in [-0.39, 0.29) is 5.92 Å². The topological polar surface area (TPSA) is 73.1 Å². The highest BCUT2D eigenvalue weighted by Gasteiger charge is 2.32. The zero-order valence-corrected chi connectivity index (χ0v) is 22.4. The number of hydrogen-bond acceptors (Lipinski definition) is 5. The summed E-state index contributed by atoms with van der Waals surface area (Å²) < 4.78 is 7.56. The van der Waals surface area contributed by atoms with Gasteiger partial charge in [-0.1, -0.05) is 56.2 Å². The van der Waals surface area contributed by atoms with Crippen LogP contribution in [0.15, 0.2) is 42.7 Å². The van der Waals surface area contributed by atoms with Crippen molar-refractivity contribution in [3.8, 4) is 28.5 Å². The Morgan fingerprint density at radius 1 is 1.03 bits per heavy atom. The molecular formula is C29H36ClN5O2. The zero-order valence-electron chi connectivity index (χ0n) is 21.6. The first-order valence-corrected chi connectivity index (χ1v) is 14.0. The molecule has 2 heterocycles. The number of amides is 1. The lowest BCUT2D eigenvalue weighted by Gasteiger charge is -2.32. The number of carbonyl (C=O) groups is 1. The van der Waals surface area contributed by atoms with E-state index in [1.807, 2.05) is 35.0 Å². The SMILES string of the molecule is COc1c(Cl)cccc1-c1nc(-c2ccncc2)nn1CCN(C(=O)C1CCCCCC1)C1CCCC1. The second-order valence-electron chi connectivity index (χ2n) is 10.2. The maximum atomic E-state index is 13.8. The van der Waals surface area contributed by atoms with Gasteiger partial charge in [-0.25, -0.2) is 9.67 Å². The lowest BCUT2D eigenvalue weighted by Crippen LogP contribution is -2.44. The highest BCUT2D eigenvalue weighted by Crippen LogP contribution is 2.36. The van der Waals surface area contributed by atoms with Crippen LogP contribution >= 0.6 is 11.6 Å². The van der Waals surface area contributed by atoms with Crippen molar-refractivity contribution in [3.05, 3.63) is 47.7 Å². The van der Waals surface area contributed by atoms with Crippen molar-refractivity contribution in [1.29, 1.82) is 0 Å². The number of nitrogens with zero attached hydrogens (tertiary/aromatic N) is 5. The predicted octanol–water partition coefficient (Wildman–Crippen LogP) is 6.41. The lowest BCUT2D eigenvalue weighted by molar-refractivity contribution is -0.138. The van der Waals surface area contributed by atoms with Crippen LogP contribution < -0.4 is 4.74 Å². The molecule has 1 amide bonds. The Labute approximate surface area is 224 Å². The molecule has 0 saturated heterocycles. The fourth-order valence-corrected chi connectivity index (χ4v) is 6.12. The van der Waals surface area contributed by atoms with Crippen molar-refractivity contribution in [1.82, 2.24) is 24.6 Å². The highest BCUT2D eigenvalue weighted by molar-refractivity contribution is 6.32. The fourth-order valence-electron chi connectivity index (χ4n) is 5.86. The Morgan fingerprint density at radius 2 is 1.73 bits per heavy atom. The summed E-state index contributed by atoms with van der Waals surface area (Å²) in [5.41, 5.74) is 1.67. The van der Waals surface area contributed by atoms with Gasteiger partial charge in [-0.3, -0.25) is 9.78 Å². The van der Waals surface area contributed by atoms with Crippen LogP contribution in [0.25, 0.3) is 22.8 Å². The number of carbonyl (C=O) groups excluding carboxylic acids is 1. The van der Waals surface area contributed by atoms with Gasteiger partial charge in [-0.15, -0.1) is 0 Å². The minimum absolute atomic E-state index is 0.152. The lowest BCUT2D eigenvalue weighted by atomic mass is 9.97. The number of pyridine rings is 1. The zero-order chi connectivity index (χ0) is 25.6. The van der Waals surface area contributed by atoms with E-state index in [2.05, 4.69) is 9.88 Å². The Balaban J connectivity index is 1.47. The Bertz CT molecular complexity index is 1180. The van der Waals surface area contributed by atoms with Crippen molar-refractivity contribution in [2.75, 3.05) is 13.7 Å². The maximum Gasteiger partial charge on any atom is 0.225 e. The number of benzene rings is 1. The minimum atomic E-state index is 0.152. The summed E-state index contributed by atoms with van der Waals surface area (Å²) in [6.07, 6.45) is 14.9. The average Bonchev–Trinajstić information content (AvgIpc) is 3.53. The second-order valence-corrected chi connectivity index (χ2v) is 10.6. The average molecular weight is 522 g/mol. The van der Waals surface area contributed by atoms with Crippen molar-refractivity contribution >= 4 is 17.5 Å². The van der Waals surface area contributed by atoms with Crippen LogP contribution in [-0.2, 0) is 11.3 Å². The monoisotopic (exact) mass is 521 g/mol. The molecule has 0 radical (unpaired) electrons. The quantitative estimate of drug-likeness (QED) is 0.320. The first-order chi connectivity index (χ1) is 18.2. The standard InChI is InChI=1S/C29H36ClN5O2/c1-37-26-24(13-8-14-25(26)30)28-32-27(21-15-17-31-18-16-21)33-35(28)20-19-34(23-11-6-7-12-23)29(36)22-9-4-2-3-5-10-22/h8,13-18,22-23H,2-7,9-12,19-20H2,1H3. The molecule has 8 heteroatoms. The molecule has 0 N–H and O–H groups in total. The number of halogens is 1. The molecular weight excluding hydrogens is 486 g/mol. The molecule has 2 aliphatic rings. The number of para-hydroxylation sites is 1. The number of aromatic nitrogens is 4. The van der Waals surface area contributed by atoms with Gasteiger partial charge < -0.3 is 9.64 Å². The molecule has 2 aliphatic carbocycles. The van der Waals surface area contributed by atoms with Crippen LogP contribution in [0.4, 0.5) is 0 Å². The van der Waals surface area contributed by atoms with Gasteiger partial charge in [0.05, 0.1) is 24.2 Å². The molecule has 5 rings (SSSR count). The van der Waals surface area contributed by atoms with E-state index >= 15 is 0 Å². The van der Waals surface area contributed by atoms with Gasteiger partial charge in [0.25, 0.3) is 0 Å². The molecule has 0 unspecified atom stereocenters. The van der Waals surface area contributed by atoms with E-state index in [0.29, 0.717) is 47.5 Å². The summed E-state index contributed by atoms with van der Waals surface area (Å²) in [6.45, 7) is 1.17. The summed E-state index contributed by atoms with van der Waals surface area (Å²) in [7, 11) is 1.61. The molecule has 7 nitrogen and oxygen atoms in total. The summed E-state index contributed by atoms with van der Waals surface area (Å²) in [6, 6.07) is 9.78. The molecule has 196 valence electrons. The molecule has 0 aliphatic heterocycles. The number of rotatable bonds is 8. The summed E-state index contributed by atoms with van der Waals surface area (Å²) >= 11 is 6.47. The summed E-state index contributed by atoms with van der Waals surface area (Å²) in [5.74, 6) is 2.35. The van der Waals surface area contributed by atoms with Crippen molar-refractivity contribution < 1.29 is 9.53 Å². The van der Waals surface area contributed by atoms with Crippen molar-refractivity contribution in [2.24, 2.45) is 5.92 Å². The number of ether oxygens (including phenoxy) is 1. The third kappa shape index (κ3) is 5.82. The summed E-state index contributed by atoms with van der Waals surface area (Å²) in [5, 5.41) is 5.41. The van der Waals surface area contributed by atoms with Gasteiger partial charge in [0.1, 0.15) is 5.75 Å². The van der Waals surface area contributed by atoms with Crippen LogP contribution in [0.2, 0.25) is 5.02 Å². The highest BCUT2D eigenvalue weighted by atomic mass is 35.5. The van der Waals surface area contributed by atoms with Crippen LogP contribution in [0.1, 0.15) is 64.2 Å². The Kier molecular flexibility index (Phi) is 8.39. The first kappa shape index (κ1) is 25.7. The van der Waals surface area contributed by atoms with E-state index in [4.69, 9.17) is 26.4 Å². The molecule has 3 aromatic rings. The van der Waals surface area contributed by atoms with E-state index in [0.717, 1.165) is 49.7 Å². The molecule has 2 aromatic heterocycles. The molecule has 2 fully saturated rings. The van der Waals surface area contributed by atoms with Crippen LogP contribution in [0.5, 0.6) is 5.75 Å². The van der Waals surface area contributed by atoms with Crippen LogP contribution in [0.3, 0.4) is 0 Å². The number of hydrogen-bond donors (Lipinski definition) is 0. The van der Waals surface area contributed by atoms with Gasteiger partial charge in [-0.2, -0.15) is 5.10 Å². The van der Waals surface area contributed by atoms with Gasteiger partial charge >= 0.3 is 0 Å². The van der Waals surface area contributed by atoms with Gasteiger partial charge in [0, 0.05) is 36.5 Å². The van der Waals surface area contributed by atoms with Gasteiger partial charge in [0.2, 0.25) is 5.91 Å². The smallest absolute Gasteiger partial charge is 0.225 e. The first-order valence-electron chi connectivity index (χ1n) is 13.6. The Hall–Kier alpha value is -2.93. The fraction of sp³-hybridized carbons (Fsp3) is 0.517. The van der Waals surface area contributed by atoms with Crippen LogP contribution in [0, 0.1) is 5.92 Å². The van der Waals surface area contributed by atoms with Crippen molar-refractivity contribution in [3.63, 3.8) is 0 Å². The normalized spacial score (nSPS) is 17.0. The minimum Gasteiger partial charge on any atom is -0.494 e. The third-order valence-electron chi connectivity index (χ3n) is 7.83. The molecule has 0 spiro atoms. The van der Waals surface area contributed by atoms with Crippen molar-refractivity contribution in [2.45, 2.75) is 76.8 Å². The summed E-state index contributed by atoms with van der Waals surface area (Å²) in [4.78, 5) is 25.0. The van der Waals surface area contributed by atoms with E-state index in [9.17, 15) is 4.79 Å². The maximum absolute atomic E-state index is 13.8. The largest absolute Gasteiger partial charge is 0.494 e. The van der Waals surface area contributed by atoms with Gasteiger partial charge in [0.15, 0.2) is 11.6 Å². The number of methoxy groups -OCH3 is 1. The predicted molar refractivity (Wildman–Crippen MR) is 145 cm³/mol. The van der Waals surface area contributed by atoms with Gasteiger partial charge in [-0.05, 0) is 49.9 Å². The van der Waals surface area contributed by atoms with E-state index in [1.54, 1.807) is 19.5 Å². The van der Waals surface area contributed by atoms with E-state index in [1.165, 1.54) is 25.7 Å². The second kappa shape index (κ2) is 12.1. The van der Waals surface area contributed by atoms with E-state index < -0.39 is 0 Å².